The highest BCUT2D eigenvalue weighted by molar-refractivity contribution is 6.87. The number of ether oxygens (including phenoxy) is 1. The average molecular weight is 492 g/mol. The van der Waals surface area contributed by atoms with E-state index in [1.54, 1.807) is 6.92 Å². The van der Waals surface area contributed by atoms with Crippen molar-refractivity contribution in [1.29, 1.82) is 0 Å². The summed E-state index contributed by atoms with van der Waals surface area (Å²) in [5.74, 6) is -0.311. The number of nitro groups is 1. The molecule has 0 aromatic heterocycles. The zero-order chi connectivity index (χ0) is 25.6. The predicted octanol–water partition coefficient (Wildman–Crippen LogP) is 4.55. The Bertz CT molecular complexity index is 860. The molecular weight excluding hydrogens is 450 g/mol. The van der Waals surface area contributed by atoms with Gasteiger partial charge in [-0.15, -0.1) is 0 Å². The van der Waals surface area contributed by atoms with Crippen LogP contribution in [0.1, 0.15) is 69.9 Å². The summed E-state index contributed by atoms with van der Waals surface area (Å²) < 4.78 is 5.37. The summed E-state index contributed by atoms with van der Waals surface area (Å²) in [6.07, 6.45) is 0. The number of carbonyl (C=O) groups is 2. The van der Waals surface area contributed by atoms with E-state index in [1.165, 1.54) is 18.2 Å². The van der Waals surface area contributed by atoms with Crippen LogP contribution in [0.3, 0.4) is 0 Å². The molecule has 1 fully saturated rings. The highest BCUT2D eigenvalue weighted by atomic mass is 28.3. The van der Waals surface area contributed by atoms with Crippen LogP contribution in [0, 0.1) is 10.1 Å². The van der Waals surface area contributed by atoms with E-state index >= 15 is 0 Å². The molecule has 1 aromatic carbocycles. The van der Waals surface area contributed by atoms with Gasteiger partial charge in [-0.05, 0) is 35.2 Å². The SMILES string of the molecule is CC(=O)C(c1cc([N+](=O)[O-])ccc1C(=O)NCCN1CCOCC1)[Si](C(C)C)(C(C)C)C(C)C. The second-order valence-electron chi connectivity index (χ2n) is 10.2. The lowest BCUT2D eigenvalue weighted by molar-refractivity contribution is -0.384. The number of nitrogens with one attached hydrogen (secondary N) is 1. The topological polar surface area (TPSA) is 102 Å². The number of rotatable bonds is 11. The number of ketones is 1. The van der Waals surface area contributed by atoms with Gasteiger partial charge in [0.25, 0.3) is 11.6 Å². The van der Waals surface area contributed by atoms with Gasteiger partial charge in [0, 0.05) is 49.4 Å². The Kier molecular flexibility index (Phi) is 9.96. The third-order valence-corrected chi connectivity index (χ3v) is 15.2. The Morgan fingerprint density at radius 2 is 1.65 bits per heavy atom. The maximum atomic E-state index is 13.3. The monoisotopic (exact) mass is 491 g/mol. The van der Waals surface area contributed by atoms with Gasteiger partial charge < -0.3 is 10.1 Å². The van der Waals surface area contributed by atoms with Gasteiger partial charge in [-0.1, -0.05) is 41.5 Å². The molecule has 1 unspecified atom stereocenters. The smallest absolute Gasteiger partial charge is 0.269 e. The maximum Gasteiger partial charge on any atom is 0.269 e. The molecule has 1 heterocycles. The van der Waals surface area contributed by atoms with Crippen molar-refractivity contribution in [1.82, 2.24) is 10.2 Å². The van der Waals surface area contributed by atoms with Crippen molar-refractivity contribution < 1.29 is 19.2 Å². The predicted molar refractivity (Wildman–Crippen MR) is 137 cm³/mol. The first-order chi connectivity index (χ1) is 15.9. The zero-order valence-corrected chi connectivity index (χ0v) is 22.7. The van der Waals surface area contributed by atoms with Gasteiger partial charge in [0.05, 0.1) is 26.2 Å². The van der Waals surface area contributed by atoms with Gasteiger partial charge in [-0.2, -0.15) is 0 Å². The van der Waals surface area contributed by atoms with E-state index in [4.69, 9.17) is 4.74 Å². The molecule has 1 aliphatic rings. The number of amides is 1. The maximum absolute atomic E-state index is 13.3. The average Bonchev–Trinajstić information content (AvgIpc) is 2.76. The number of hydrogen-bond donors (Lipinski definition) is 1. The summed E-state index contributed by atoms with van der Waals surface area (Å²) >= 11 is 0. The van der Waals surface area contributed by atoms with E-state index in [1.807, 2.05) is 0 Å². The Balaban J connectivity index is 2.52. The molecule has 0 aliphatic carbocycles. The largest absolute Gasteiger partial charge is 0.379 e. The molecule has 34 heavy (non-hydrogen) atoms. The third kappa shape index (κ3) is 5.93. The van der Waals surface area contributed by atoms with Crippen LogP contribution < -0.4 is 5.32 Å². The van der Waals surface area contributed by atoms with Crippen LogP contribution in [0.2, 0.25) is 16.6 Å². The van der Waals surface area contributed by atoms with Crippen molar-refractivity contribution in [2.24, 2.45) is 0 Å². The van der Waals surface area contributed by atoms with Gasteiger partial charge in [0.2, 0.25) is 0 Å². The molecule has 1 atom stereocenters. The number of benzene rings is 1. The van der Waals surface area contributed by atoms with Crippen LogP contribution in [0.4, 0.5) is 5.69 Å². The molecule has 8 nitrogen and oxygen atoms in total. The van der Waals surface area contributed by atoms with Gasteiger partial charge in [0.15, 0.2) is 0 Å². The fourth-order valence-electron chi connectivity index (χ4n) is 6.20. The van der Waals surface area contributed by atoms with Crippen molar-refractivity contribution in [3.05, 3.63) is 39.4 Å². The quantitative estimate of drug-likeness (QED) is 0.277. The molecule has 0 radical (unpaired) electrons. The highest BCUT2D eigenvalue weighted by Gasteiger charge is 2.52. The molecule has 190 valence electrons. The van der Waals surface area contributed by atoms with Crippen LogP contribution in [0.15, 0.2) is 18.2 Å². The lowest BCUT2D eigenvalue weighted by Crippen LogP contribution is -2.53. The van der Waals surface area contributed by atoms with Gasteiger partial charge >= 0.3 is 0 Å². The first-order valence-corrected chi connectivity index (χ1v) is 14.6. The molecule has 1 aliphatic heterocycles. The van der Waals surface area contributed by atoms with Crippen LogP contribution in [-0.2, 0) is 9.53 Å². The van der Waals surface area contributed by atoms with E-state index in [-0.39, 0.29) is 34.0 Å². The van der Waals surface area contributed by atoms with E-state index in [0.29, 0.717) is 37.4 Å². The molecule has 1 amide bonds. The molecule has 1 saturated heterocycles. The number of non-ortho nitro benzene ring substituents is 1. The van der Waals surface area contributed by atoms with Crippen LogP contribution in [0.25, 0.3) is 0 Å². The second-order valence-corrected chi connectivity index (χ2v) is 16.3. The second kappa shape index (κ2) is 12.0. The lowest BCUT2D eigenvalue weighted by atomic mass is 10.00. The molecule has 2 rings (SSSR count). The number of hydrogen-bond acceptors (Lipinski definition) is 6. The standard InChI is InChI=1S/C25H41N3O5Si/c1-17(2)34(18(3)4,19(5)6)24(20(7)29)23-16-21(28(31)32)8-9-22(23)25(30)26-10-11-27-12-14-33-15-13-27/h8-9,16-19,24H,10-15H2,1-7H3,(H,26,30). The van der Waals surface area contributed by atoms with Gasteiger partial charge in [-0.25, -0.2) is 0 Å². The minimum atomic E-state index is -2.43. The summed E-state index contributed by atoms with van der Waals surface area (Å²) in [6, 6.07) is 4.35. The molecule has 1 aromatic rings. The minimum absolute atomic E-state index is 0.0226. The van der Waals surface area contributed by atoms with Crippen LogP contribution in [0.5, 0.6) is 0 Å². The molecule has 0 saturated carbocycles. The van der Waals surface area contributed by atoms with E-state index < -0.39 is 18.5 Å². The first kappa shape index (κ1) is 28.1. The Morgan fingerprint density at radius 1 is 1.09 bits per heavy atom. The van der Waals surface area contributed by atoms with Crippen molar-refractivity contribution in [3.63, 3.8) is 0 Å². The fourth-order valence-corrected chi connectivity index (χ4v) is 13.7. The van der Waals surface area contributed by atoms with Crippen LogP contribution in [-0.4, -0.2) is 69.0 Å². The highest BCUT2D eigenvalue weighted by Crippen LogP contribution is 2.51. The van der Waals surface area contributed by atoms with Crippen molar-refractivity contribution in [3.8, 4) is 0 Å². The molecular formula is C25H41N3O5Si. The third-order valence-electron chi connectivity index (χ3n) is 7.53. The first-order valence-electron chi connectivity index (χ1n) is 12.3. The lowest BCUT2D eigenvalue weighted by Gasteiger charge is -2.48. The van der Waals surface area contributed by atoms with Crippen molar-refractivity contribution >= 4 is 25.5 Å². The van der Waals surface area contributed by atoms with E-state index in [9.17, 15) is 19.7 Å². The summed E-state index contributed by atoms with van der Waals surface area (Å²) in [7, 11) is -2.43. The van der Waals surface area contributed by atoms with E-state index in [2.05, 4.69) is 51.8 Å². The molecule has 1 N–H and O–H groups in total. The zero-order valence-electron chi connectivity index (χ0n) is 21.7. The number of nitrogens with zero attached hydrogens (tertiary/aromatic N) is 2. The Morgan fingerprint density at radius 3 is 2.12 bits per heavy atom. The number of morpholine rings is 1. The minimum Gasteiger partial charge on any atom is -0.379 e. The van der Waals surface area contributed by atoms with Gasteiger partial charge in [-0.3, -0.25) is 24.6 Å². The van der Waals surface area contributed by atoms with Crippen molar-refractivity contribution in [2.75, 3.05) is 39.4 Å². The molecule has 0 spiro atoms. The number of carbonyl (C=O) groups excluding carboxylic acids is 2. The molecule has 0 bridgehead atoms. The molecule has 9 heteroatoms. The number of Topliss-reactive ketones (excluding diaryl/α,β-unsaturated/α-hetero) is 1. The Hall–Kier alpha value is -2.10. The van der Waals surface area contributed by atoms with Gasteiger partial charge in [0.1, 0.15) is 5.78 Å². The summed E-state index contributed by atoms with van der Waals surface area (Å²) in [4.78, 5) is 40.0. The fraction of sp³-hybridized carbons (Fsp3) is 0.680. The summed E-state index contributed by atoms with van der Waals surface area (Å²) in [5.41, 5.74) is 1.02. The summed E-state index contributed by atoms with van der Waals surface area (Å²) in [6.45, 7) is 18.7. The Labute approximate surface area is 204 Å². The normalized spacial score (nSPS) is 16.2. The number of nitro benzene ring substituents is 1. The van der Waals surface area contributed by atoms with Crippen LogP contribution >= 0.6 is 0 Å². The van der Waals surface area contributed by atoms with Crippen molar-refractivity contribution in [2.45, 2.75) is 70.6 Å². The van der Waals surface area contributed by atoms with E-state index in [0.717, 1.165) is 13.1 Å². The summed E-state index contributed by atoms with van der Waals surface area (Å²) in [5, 5.41) is 14.6.